The number of aliphatic imine (C=N–C) groups is 1. The number of hydrogen-bond acceptors (Lipinski definition) is 3. The van der Waals surface area contributed by atoms with Gasteiger partial charge >= 0.3 is 0 Å². The van der Waals surface area contributed by atoms with E-state index in [2.05, 4.69) is 43.9 Å². The Balaban J connectivity index is 3.08. The van der Waals surface area contributed by atoms with E-state index in [1.807, 2.05) is 5.38 Å². The maximum atomic E-state index is 4.54. The summed E-state index contributed by atoms with van der Waals surface area (Å²) in [5.74, 6) is 0. The molecule has 1 heterocycles. The summed E-state index contributed by atoms with van der Waals surface area (Å²) in [5, 5.41) is 3.11. The highest BCUT2D eigenvalue weighted by Crippen LogP contribution is 2.25. The Morgan fingerprint density at radius 1 is 1.47 bits per heavy atom. The van der Waals surface area contributed by atoms with E-state index >= 15 is 0 Å². The van der Waals surface area contributed by atoms with Crippen molar-refractivity contribution in [3.63, 3.8) is 0 Å². The van der Waals surface area contributed by atoms with Crippen molar-refractivity contribution in [1.82, 2.24) is 4.98 Å². The normalized spacial score (nSPS) is 12.6. The lowest BCUT2D eigenvalue weighted by atomic mass is 9.98. The summed E-state index contributed by atoms with van der Waals surface area (Å²) in [4.78, 5) is 8.65. The van der Waals surface area contributed by atoms with Gasteiger partial charge in [0.25, 0.3) is 0 Å². The number of nitrogens with zero attached hydrogens (tertiary/aromatic N) is 2. The van der Waals surface area contributed by atoms with Gasteiger partial charge in [0.1, 0.15) is 0 Å². The molecule has 3 heteroatoms. The fourth-order valence-corrected chi connectivity index (χ4v) is 1.96. The first kappa shape index (κ1) is 11.9. The van der Waals surface area contributed by atoms with Crippen molar-refractivity contribution in [1.29, 1.82) is 0 Å². The fourth-order valence-electron chi connectivity index (χ4n) is 1.06. The predicted molar refractivity (Wildman–Crippen MR) is 67.7 cm³/mol. The highest BCUT2D eigenvalue weighted by Gasteiger charge is 2.18. The zero-order valence-electron chi connectivity index (χ0n) is 9.45. The number of aromatic nitrogens is 1. The highest BCUT2D eigenvalue weighted by molar-refractivity contribution is 7.10. The topological polar surface area (TPSA) is 25.2 Å². The molecule has 0 saturated heterocycles. The van der Waals surface area contributed by atoms with Gasteiger partial charge in [-0.2, -0.15) is 0 Å². The van der Waals surface area contributed by atoms with E-state index in [1.54, 1.807) is 17.4 Å². The van der Waals surface area contributed by atoms with Crippen molar-refractivity contribution in [2.45, 2.75) is 26.2 Å². The monoisotopic (exact) mass is 220 g/mol. The van der Waals surface area contributed by atoms with E-state index in [0.717, 1.165) is 16.4 Å². The molecule has 0 radical (unpaired) electrons. The van der Waals surface area contributed by atoms with Gasteiger partial charge in [-0.25, -0.2) is 4.98 Å². The average molecular weight is 220 g/mol. The van der Waals surface area contributed by atoms with Crippen LogP contribution in [0.15, 0.2) is 35.8 Å². The van der Waals surface area contributed by atoms with Crippen LogP contribution in [0, 0.1) is 0 Å². The lowest BCUT2D eigenvalue weighted by Crippen LogP contribution is -2.11. The summed E-state index contributed by atoms with van der Waals surface area (Å²) in [5.41, 5.74) is 1.74. The molecule has 0 aromatic carbocycles. The maximum Gasteiger partial charge on any atom is 0.0998 e. The Morgan fingerprint density at radius 2 is 2.13 bits per heavy atom. The van der Waals surface area contributed by atoms with Gasteiger partial charge in [-0.15, -0.1) is 11.3 Å². The average Bonchev–Trinajstić information content (AvgIpc) is 2.62. The second kappa shape index (κ2) is 4.53. The zero-order valence-corrected chi connectivity index (χ0v) is 10.3. The van der Waals surface area contributed by atoms with Gasteiger partial charge in [0, 0.05) is 17.0 Å². The van der Waals surface area contributed by atoms with E-state index in [9.17, 15) is 0 Å². The first-order chi connectivity index (χ1) is 6.99. The molecule has 0 spiro atoms. The van der Waals surface area contributed by atoms with Gasteiger partial charge in [-0.1, -0.05) is 33.9 Å². The molecule has 0 saturated carbocycles. The molecule has 0 fully saturated rings. The molecular weight excluding hydrogens is 204 g/mol. The van der Waals surface area contributed by atoms with Crippen LogP contribution in [0.25, 0.3) is 0 Å². The van der Waals surface area contributed by atoms with Gasteiger partial charge in [-0.05, 0) is 6.08 Å². The van der Waals surface area contributed by atoms with Gasteiger partial charge in [0.15, 0.2) is 0 Å². The molecule has 0 unspecified atom stereocenters. The Kier molecular flexibility index (Phi) is 3.58. The van der Waals surface area contributed by atoms with Crippen LogP contribution in [0.4, 0.5) is 0 Å². The molecule has 15 heavy (non-hydrogen) atoms. The van der Waals surface area contributed by atoms with Crippen LogP contribution in [0.2, 0.25) is 0 Å². The number of thiazole rings is 1. The van der Waals surface area contributed by atoms with E-state index < -0.39 is 0 Å². The van der Waals surface area contributed by atoms with Gasteiger partial charge in [-0.3, -0.25) is 4.99 Å². The third-order valence-corrected chi connectivity index (χ3v) is 3.10. The SMILES string of the molecule is C=CN=C(C=C)c1csc(C(C)(C)C)n1. The van der Waals surface area contributed by atoms with Crippen LogP contribution in [-0.4, -0.2) is 10.7 Å². The van der Waals surface area contributed by atoms with E-state index in [4.69, 9.17) is 0 Å². The molecule has 0 amide bonds. The lowest BCUT2D eigenvalue weighted by Gasteiger charge is -2.13. The molecule has 1 aromatic rings. The lowest BCUT2D eigenvalue weighted by molar-refractivity contribution is 0.585. The first-order valence-electron chi connectivity index (χ1n) is 4.76. The van der Waals surface area contributed by atoms with Gasteiger partial charge in [0.05, 0.1) is 16.4 Å². The molecule has 80 valence electrons. The summed E-state index contributed by atoms with van der Waals surface area (Å²) in [6.45, 7) is 13.7. The van der Waals surface area contributed by atoms with Crippen LogP contribution in [0.5, 0.6) is 0 Å². The van der Waals surface area contributed by atoms with Crippen molar-refractivity contribution < 1.29 is 0 Å². The van der Waals surface area contributed by atoms with Crippen molar-refractivity contribution >= 4 is 17.0 Å². The van der Waals surface area contributed by atoms with Gasteiger partial charge < -0.3 is 0 Å². The van der Waals surface area contributed by atoms with Crippen LogP contribution < -0.4 is 0 Å². The van der Waals surface area contributed by atoms with Crippen LogP contribution in [0.1, 0.15) is 31.5 Å². The second-order valence-electron chi connectivity index (χ2n) is 4.19. The van der Waals surface area contributed by atoms with Crippen LogP contribution in [0.3, 0.4) is 0 Å². The molecule has 0 aliphatic carbocycles. The molecule has 0 atom stereocenters. The smallest absolute Gasteiger partial charge is 0.0998 e. The largest absolute Gasteiger partial charge is 0.255 e. The minimum Gasteiger partial charge on any atom is -0.255 e. The highest BCUT2D eigenvalue weighted by atomic mass is 32.1. The molecular formula is C12H16N2S. The van der Waals surface area contributed by atoms with Gasteiger partial charge in [0.2, 0.25) is 0 Å². The second-order valence-corrected chi connectivity index (χ2v) is 5.05. The van der Waals surface area contributed by atoms with Crippen molar-refractivity contribution in [2.24, 2.45) is 4.99 Å². The molecule has 0 aliphatic rings. The number of allylic oxidation sites excluding steroid dienone is 1. The van der Waals surface area contributed by atoms with E-state index in [-0.39, 0.29) is 5.41 Å². The summed E-state index contributed by atoms with van der Waals surface area (Å²) >= 11 is 1.65. The summed E-state index contributed by atoms with van der Waals surface area (Å²) in [7, 11) is 0. The van der Waals surface area contributed by atoms with Crippen molar-refractivity contribution in [3.8, 4) is 0 Å². The third-order valence-electron chi connectivity index (χ3n) is 1.83. The van der Waals surface area contributed by atoms with Crippen molar-refractivity contribution in [3.05, 3.63) is 41.5 Å². The Morgan fingerprint density at radius 3 is 2.53 bits per heavy atom. The summed E-state index contributed by atoms with van der Waals surface area (Å²) < 4.78 is 0. The molecule has 0 bridgehead atoms. The van der Waals surface area contributed by atoms with E-state index in [0.29, 0.717) is 0 Å². The summed E-state index contributed by atoms with van der Waals surface area (Å²) in [6, 6.07) is 0. The van der Waals surface area contributed by atoms with Crippen LogP contribution >= 0.6 is 11.3 Å². The third kappa shape index (κ3) is 2.86. The Hall–Kier alpha value is -1.22. The zero-order chi connectivity index (χ0) is 11.5. The van der Waals surface area contributed by atoms with Crippen LogP contribution in [-0.2, 0) is 5.41 Å². The number of hydrogen-bond donors (Lipinski definition) is 0. The minimum atomic E-state index is 0.0867. The Bertz CT molecular complexity index is 394. The standard InChI is InChI=1S/C12H16N2S/c1-6-9(13-7-2)10-8-15-11(14-10)12(3,4)5/h6-8H,1-2H2,3-5H3. The van der Waals surface area contributed by atoms with Crippen molar-refractivity contribution in [2.75, 3.05) is 0 Å². The summed E-state index contributed by atoms with van der Waals surface area (Å²) in [6.07, 6.45) is 3.20. The van der Waals surface area contributed by atoms with E-state index in [1.165, 1.54) is 6.20 Å². The molecule has 1 aromatic heterocycles. The Labute approximate surface area is 95.1 Å². The molecule has 0 N–H and O–H groups in total. The quantitative estimate of drug-likeness (QED) is 0.715. The minimum absolute atomic E-state index is 0.0867. The maximum absolute atomic E-state index is 4.54. The molecule has 0 aliphatic heterocycles. The fraction of sp³-hybridized carbons (Fsp3) is 0.333. The number of rotatable bonds is 3. The molecule has 1 rings (SSSR count). The predicted octanol–water partition coefficient (Wildman–Crippen LogP) is 3.56. The molecule has 2 nitrogen and oxygen atoms in total. The first-order valence-corrected chi connectivity index (χ1v) is 5.64.